The van der Waals surface area contributed by atoms with Gasteiger partial charge >= 0.3 is 0 Å². The summed E-state index contributed by atoms with van der Waals surface area (Å²) < 4.78 is 11.2. The lowest BCUT2D eigenvalue weighted by molar-refractivity contribution is 0.0357. The molecule has 94 valence electrons. The number of hydrogen-bond donors (Lipinski definition) is 1. The zero-order valence-electron chi connectivity index (χ0n) is 11.0. The van der Waals surface area contributed by atoms with Crippen molar-refractivity contribution in [3.05, 3.63) is 12.7 Å². The van der Waals surface area contributed by atoms with Crippen LogP contribution in [0.15, 0.2) is 12.7 Å². The van der Waals surface area contributed by atoms with E-state index in [1.807, 2.05) is 0 Å². The summed E-state index contributed by atoms with van der Waals surface area (Å²) in [7, 11) is -1.86. The molecule has 0 aromatic carbocycles. The highest BCUT2D eigenvalue weighted by Gasteiger charge is 2.43. The van der Waals surface area contributed by atoms with Crippen LogP contribution < -0.4 is 0 Å². The van der Waals surface area contributed by atoms with Gasteiger partial charge in [0.15, 0.2) is 8.32 Å². The largest absolute Gasteiger partial charge is 0.408 e. The Morgan fingerprint density at radius 2 is 2.00 bits per heavy atom. The molecule has 0 saturated carbocycles. The highest BCUT2D eigenvalue weighted by Crippen LogP contribution is 2.38. The van der Waals surface area contributed by atoms with Crippen LogP contribution in [0.4, 0.5) is 0 Å². The van der Waals surface area contributed by atoms with Gasteiger partial charge in [-0.2, -0.15) is 0 Å². The van der Waals surface area contributed by atoms with Crippen LogP contribution in [0.25, 0.3) is 0 Å². The topological polar surface area (TPSA) is 42.0 Å². The first-order chi connectivity index (χ1) is 7.19. The molecular formula is C12H24O3Si. The van der Waals surface area contributed by atoms with Crippen LogP contribution in [0.1, 0.15) is 20.8 Å². The minimum absolute atomic E-state index is 0.0623. The van der Waals surface area contributed by atoms with Crippen molar-refractivity contribution < 1.29 is 14.3 Å². The molecule has 1 N–H and O–H groups in total. The van der Waals surface area contributed by atoms with Gasteiger partial charge in [0.1, 0.15) is 12.2 Å². The second kappa shape index (κ2) is 4.60. The molecule has 3 atom stereocenters. The molecule has 0 aromatic rings. The van der Waals surface area contributed by atoms with E-state index in [-0.39, 0.29) is 17.2 Å². The summed E-state index contributed by atoms with van der Waals surface area (Å²) in [6.45, 7) is 15.3. The molecular weight excluding hydrogens is 220 g/mol. The molecule has 0 aromatic heterocycles. The molecule has 1 fully saturated rings. The van der Waals surface area contributed by atoms with Crippen LogP contribution in [0, 0.1) is 0 Å². The Kier molecular flexibility index (Phi) is 4.00. The van der Waals surface area contributed by atoms with Crippen molar-refractivity contribution in [1.82, 2.24) is 0 Å². The van der Waals surface area contributed by atoms with Gasteiger partial charge in [-0.15, -0.1) is 6.58 Å². The maximum absolute atomic E-state index is 9.98. The van der Waals surface area contributed by atoms with E-state index in [1.165, 1.54) is 0 Å². The normalized spacial score (nSPS) is 25.0. The first-order valence-electron chi connectivity index (χ1n) is 5.79. The van der Waals surface area contributed by atoms with Crippen molar-refractivity contribution in [3.63, 3.8) is 0 Å². The van der Waals surface area contributed by atoms with Gasteiger partial charge < -0.3 is 14.3 Å². The van der Waals surface area contributed by atoms with E-state index in [2.05, 4.69) is 40.4 Å². The van der Waals surface area contributed by atoms with Gasteiger partial charge in [0.2, 0.25) is 0 Å². The molecule has 1 heterocycles. The molecule has 4 heteroatoms. The van der Waals surface area contributed by atoms with Crippen LogP contribution in [-0.2, 0) is 9.16 Å². The van der Waals surface area contributed by atoms with E-state index in [0.717, 1.165) is 0 Å². The van der Waals surface area contributed by atoms with Gasteiger partial charge in [0.25, 0.3) is 0 Å². The lowest BCUT2D eigenvalue weighted by Gasteiger charge is -2.39. The molecule has 0 aliphatic carbocycles. The molecule has 1 aliphatic rings. The standard InChI is InChI=1S/C12H24O3Si/c1-7-9(11(13)10-8-14-10)15-16(5,6)12(2,3)4/h7,9-11,13H,1,8H2,2-6H3/t9-,10-,11+/m1/s1. The number of epoxide rings is 1. The predicted molar refractivity (Wildman–Crippen MR) is 68.0 cm³/mol. The fraction of sp³-hybridized carbons (Fsp3) is 0.833. The number of ether oxygens (including phenoxy) is 1. The lowest BCUT2D eigenvalue weighted by Crippen LogP contribution is -2.47. The van der Waals surface area contributed by atoms with E-state index < -0.39 is 14.4 Å². The van der Waals surface area contributed by atoms with Gasteiger partial charge in [0, 0.05) is 0 Å². The fourth-order valence-corrected chi connectivity index (χ4v) is 2.51. The average Bonchev–Trinajstić information content (AvgIpc) is 2.94. The van der Waals surface area contributed by atoms with Crippen LogP contribution in [0.5, 0.6) is 0 Å². The Bertz CT molecular complexity index is 253. The number of rotatable bonds is 5. The fourth-order valence-electron chi connectivity index (χ4n) is 1.24. The smallest absolute Gasteiger partial charge is 0.193 e. The molecule has 0 amide bonds. The minimum atomic E-state index is -1.86. The second-order valence-electron chi connectivity index (χ2n) is 5.94. The van der Waals surface area contributed by atoms with Crippen LogP contribution in [-0.4, -0.2) is 38.3 Å². The first-order valence-corrected chi connectivity index (χ1v) is 8.70. The Hall–Kier alpha value is -0.163. The summed E-state index contributed by atoms with van der Waals surface area (Å²) in [4.78, 5) is 0. The highest BCUT2D eigenvalue weighted by atomic mass is 28.4. The first kappa shape index (κ1) is 13.9. The van der Waals surface area contributed by atoms with Crippen LogP contribution >= 0.6 is 0 Å². The summed E-state index contributed by atoms with van der Waals surface area (Å²) in [5, 5.41) is 10.1. The van der Waals surface area contributed by atoms with E-state index >= 15 is 0 Å². The molecule has 0 unspecified atom stereocenters. The third kappa shape index (κ3) is 3.17. The van der Waals surface area contributed by atoms with E-state index in [4.69, 9.17) is 9.16 Å². The molecule has 1 saturated heterocycles. The van der Waals surface area contributed by atoms with Crippen LogP contribution in [0.2, 0.25) is 18.1 Å². The quantitative estimate of drug-likeness (QED) is 0.458. The van der Waals surface area contributed by atoms with Gasteiger partial charge in [-0.05, 0) is 18.1 Å². The number of aliphatic hydroxyl groups is 1. The molecule has 0 spiro atoms. The highest BCUT2D eigenvalue weighted by molar-refractivity contribution is 6.74. The zero-order chi connectivity index (χ0) is 12.6. The lowest BCUT2D eigenvalue weighted by atomic mass is 10.1. The molecule has 3 nitrogen and oxygen atoms in total. The van der Waals surface area contributed by atoms with Gasteiger partial charge in [-0.3, -0.25) is 0 Å². The summed E-state index contributed by atoms with van der Waals surface area (Å²) in [6, 6.07) is 0. The van der Waals surface area contributed by atoms with E-state index in [9.17, 15) is 5.11 Å². The molecule has 1 rings (SSSR count). The summed E-state index contributed by atoms with van der Waals surface area (Å²) >= 11 is 0. The Morgan fingerprint density at radius 3 is 2.31 bits per heavy atom. The Labute approximate surface area is 99.6 Å². The van der Waals surface area contributed by atoms with Crippen molar-refractivity contribution in [2.24, 2.45) is 0 Å². The Balaban J connectivity index is 2.65. The average molecular weight is 244 g/mol. The monoisotopic (exact) mass is 244 g/mol. The maximum atomic E-state index is 9.98. The summed E-state index contributed by atoms with van der Waals surface area (Å²) in [5.74, 6) is 0. The van der Waals surface area contributed by atoms with Crippen molar-refractivity contribution >= 4 is 8.32 Å². The SMILES string of the molecule is C=C[C@@H](O[Si](C)(C)C(C)(C)C)[C@H](O)[C@H]1CO1. The predicted octanol–water partition coefficient (Wildman–Crippen LogP) is 2.32. The zero-order valence-corrected chi connectivity index (χ0v) is 12.0. The minimum Gasteiger partial charge on any atom is -0.408 e. The van der Waals surface area contributed by atoms with Gasteiger partial charge in [0.05, 0.1) is 12.7 Å². The van der Waals surface area contributed by atoms with E-state index in [1.54, 1.807) is 6.08 Å². The van der Waals surface area contributed by atoms with Crippen molar-refractivity contribution in [2.75, 3.05) is 6.61 Å². The number of hydrogen-bond acceptors (Lipinski definition) is 3. The van der Waals surface area contributed by atoms with Crippen LogP contribution in [0.3, 0.4) is 0 Å². The van der Waals surface area contributed by atoms with E-state index in [0.29, 0.717) is 6.61 Å². The third-order valence-corrected chi connectivity index (χ3v) is 8.02. The maximum Gasteiger partial charge on any atom is 0.193 e. The Morgan fingerprint density at radius 1 is 1.50 bits per heavy atom. The summed E-state index contributed by atoms with van der Waals surface area (Å²) in [5.41, 5.74) is 0. The molecule has 0 radical (unpaired) electrons. The second-order valence-corrected chi connectivity index (χ2v) is 10.7. The van der Waals surface area contributed by atoms with Crippen molar-refractivity contribution in [3.8, 4) is 0 Å². The third-order valence-electron chi connectivity index (χ3n) is 3.55. The molecule has 1 aliphatic heterocycles. The molecule has 0 bridgehead atoms. The molecule has 16 heavy (non-hydrogen) atoms. The number of aliphatic hydroxyl groups excluding tert-OH is 1. The van der Waals surface area contributed by atoms with Gasteiger partial charge in [-0.25, -0.2) is 0 Å². The van der Waals surface area contributed by atoms with Crippen molar-refractivity contribution in [2.45, 2.75) is 57.2 Å². The summed E-state index contributed by atoms with van der Waals surface area (Å²) in [6.07, 6.45) is 0.736. The van der Waals surface area contributed by atoms with Gasteiger partial charge in [-0.1, -0.05) is 26.8 Å². The van der Waals surface area contributed by atoms with Crippen molar-refractivity contribution in [1.29, 1.82) is 0 Å².